The molecule has 0 aromatic heterocycles. The highest BCUT2D eigenvalue weighted by Gasteiger charge is 2.31. The lowest BCUT2D eigenvalue weighted by Gasteiger charge is -2.14. The van der Waals surface area contributed by atoms with Crippen LogP contribution in [-0.2, 0) is 17.6 Å². The first-order valence-electron chi connectivity index (χ1n) is 9.97. The smallest absolute Gasteiger partial charge is 0.416 e. The molecule has 3 rings (SSSR count). The van der Waals surface area contributed by atoms with E-state index in [0.717, 1.165) is 12.1 Å². The summed E-state index contributed by atoms with van der Waals surface area (Å²) in [6.45, 7) is 0.0782. The number of benzene rings is 3. The van der Waals surface area contributed by atoms with E-state index in [1.165, 1.54) is 13.2 Å². The molecular weight excluding hydrogens is 504 g/mol. The van der Waals surface area contributed by atoms with Gasteiger partial charge in [0.15, 0.2) is 11.5 Å². The van der Waals surface area contributed by atoms with Crippen molar-refractivity contribution in [3.63, 3.8) is 0 Å². The molecule has 10 heteroatoms. The molecule has 0 bridgehead atoms. The van der Waals surface area contributed by atoms with Crippen LogP contribution >= 0.6 is 23.2 Å². The Hall–Kier alpha value is -3.67. The lowest BCUT2D eigenvalue weighted by atomic mass is 10.1. The largest absolute Gasteiger partial charge is 0.493 e. The number of anilines is 1. The van der Waals surface area contributed by atoms with Gasteiger partial charge in [0, 0.05) is 16.1 Å². The van der Waals surface area contributed by atoms with Crippen molar-refractivity contribution in [1.82, 2.24) is 0 Å². The summed E-state index contributed by atoms with van der Waals surface area (Å²) in [4.78, 5) is 12.7. The van der Waals surface area contributed by atoms with E-state index in [0.29, 0.717) is 28.0 Å². The Morgan fingerprint density at radius 3 is 2.49 bits per heavy atom. The molecule has 180 valence electrons. The minimum atomic E-state index is -4.63. The summed E-state index contributed by atoms with van der Waals surface area (Å²) in [6.07, 6.45) is -3.40. The molecule has 1 amide bonds. The number of amides is 1. The van der Waals surface area contributed by atoms with Gasteiger partial charge in [0.1, 0.15) is 18.2 Å². The van der Waals surface area contributed by atoms with Gasteiger partial charge >= 0.3 is 6.18 Å². The monoisotopic (exact) mass is 520 g/mol. The molecule has 0 atom stereocenters. The number of nitrogens with one attached hydrogen (secondary N) is 1. The van der Waals surface area contributed by atoms with Crippen molar-refractivity contribution in [2.75, 3.05) is 12.4 Å². The van der Waals surface area contributed by atoms with Crippen LogP contribution in [0.15, 0.2) is 66.2 Å². The average molecular weight is 521 g/mol. The summed E-state index contributed by atoms with van der Waals surface area (Å²) in [6, 6.07) is 16.2. The van der Waals surface area contributed by atoms with E-state index in [9.17, 15) is 23.2 Å². The van der Waals surface area contributed by atoms with E-state index >= 15 is 0 Å². The van der Waals surface area contributed by atoms with Gasteiger partial charge in [-0.25, -0.2) is 0 Å². The Morgan fingerprint density at radius 1 is 1.09 bits per heavy atom. The number of methoxy groups -OCH3 is 1. The van der Waals surface area contributed by atoms with E-state index in [2.05, 4.69) is 5.32 Å². The third-order valence-electron chi connectivity index (χ3n) is 4.77. The molecule has 3 aromatic carbocycles. The highest BCUT2D eigenvalue weighted by Crippen LogP contribution is 2.35. The van der Waals surface area contributed by atoms with E-state index < -0.39 is 23.2 Å². The van der Waals surface area contributed by atoms with E-state index in [1.807, 2.05) is 0 Å². The number of nitrogens with zero attached hydrogens (tertiary/aromatic N) is 1. The Labute approximate surface area is 209 Å². The van der Waals surface area contributed by atoms with Crippen LogP contribution in [0.3, 0.4) is 0 Å². The number of hydrogen-bond acceptors (Lipinski definition) is 4. The number of rotatable bonds is 7. The van der Waals surface area contributed by atoms with Crippen LogP contribution in [0.4, 0.5) is 18.9 Å². The Morgan fingerprint density at radius 2 is 1.83 bits per heavy atom. The molecule has 0 saturated heterocycles. The number of hydrogen-bond donors (Lipinski definition) is 1. The molecule has 0 saturated carbocycles. The standard InChI is InChI=1S/C25H17Cl2F3N2O3/c1-34-22-8-4-6-15(23(22)35-14-16-5-2-3-7-19(16)26)11-17(13-31)24(33)32-21-12-18(25(28,29)30)9-10-20(21)27/h2-12H,14H2,1H3,(H,32,33). The molecule has 1 N–H and O–H groups in total. The first-order chi connectivity index (χ1) is 16.6. The normalized spacial score (nSPS) is 11.5. The van der Waals surface area contributed by atoms with Crippen molar-refractivity contribution in [3.8, 4) is 17.6 Å². The van der Waals surface area contributed by atoms with Crippen LogP contribution in [0.5, 0.6) is 11.5 Å². The van der Waals surface area contributed by atoms with Crippen molar-refractivity contribution >= 4 is 40.9 Å². The van der Waals surface area contributed by atoms with Gasteiger partial charge in [-0.1, -0.05) is 53.5 Å². The zero-order valence-electron chi connectivity index (χ0n) is 18.1. The number of nitriles is 1. The van der Waals surface area contributed by atoms with E-state index in [1.54, 1.807) is 48.5 Å². The fourth-order valence-corrected chi connectivity index (χ4v) is 3.37. The minimum Gasteiger partial charge on any atom is -0.493 e. The quantitative estimate of drug-likeness (QED) is 0.265. The summed E-state index contributed by atoms with van der Waals surface area (Å²) in [7, 11) is 1.43. The molecule has 3 aromatic rings. The van der Waals surface area contributed by atoms with E-state index in [4.69, 9.17) is 32.7 Å². The fraction of sp³-hybridized carbons (Fsp3) is 0.120. The number of carbonyl (C=O) groups excluding carboxylic acids is 1. The molecule has 0 aliphatic carbocycles. The second-order valence-corrected chi connectivity index (χ2v) is 7.89. The van der Waals surface area contributed by atoms with Gasteiger partial charge in [-0.05, 0) is 36.4 Å². The van der Waals surface area contributed by atoms with Crippen LogP contribution in [0.1, 0.15) is 16.7 Å². The van der Waals surface area contributed by atoms with Crippen LogP contribution in [0, 0.1) is 11.3 Å². The SMILES string of the molecule is COc1cccc(C=C(C#N)C(=O)Nc2cc(C(F)(F)F)ccc2Cl)c1OCc1ccccc1Cl. The van der Waals surface area contributed by atoms with Crippen LogP contribution in [-0.4, -0.2) is 13.0 Å². The third kappa shape index (κ3) is 6.47. The number of para-hydroxylation sites is 1. The third-order valence-corrected chi connectivity index (χ3v) is 5.46. The lowest BCUT2D eigenvalue weighted by Crippen LogP contribution is -2.15. The van der Waals surface area contributed by atoms with Crippen molar-refractivity contribution < 1.29 is 27.4 Å². The van der Waals surface area contributed by atoms with Gasteiger partial charge in [-0.3, -0.25) is 4.79 Å². The predicted octanol–water partition coefficient (Wildman–Crippen LogP) is 7.15. The fourth-order valence-electron chi connectivity index (χ4n) is 3.02. The molecular formula is C25H17Cl2F3N2O3. The molecule has 0 unspecified atom stereocenters. The molecule has 0 aliphatic heterocycles. The topological polar surface area (TPSA) is 71.3 Å². The lowest BCUT2D eigenvalue weighted by molar-refractivity contribution is -0.137. The first kappa shape index (κ1) is 25.9. The van der Waals surface area contributed by atoms with Crippen LogP contribution in [0.25, 0.3) is 6.08 Å². The van der Waals surface area contributed by atoms with Crippen LogP contribution in [0.2, 0.25) is 10.0 Å². The van der Waals surface area contributed by atoms with Crippen molar-refractivity contribution in [1.29, 1.82) is 5.26 Å². The Bertz CT molecular complexity index is 1320. The number of carbonyl (C=O) groups is 1. The summed E-state index contributed by atoms with van der Waals surface area (Å²) in [5.41, 5.74) is -0.642. The Kier molecular flexibility index (Phi) is 8.28. The second-order valence-electron chi connectivity index (χ2n) is 7.08. The van der Waals surface area contributed by atoms with Gasteiger partial charge in [0.25, 0.3) is 5.91 Å². The summed E-state index contributed by atoms with van der Waals surface area (Å²) < 4.78 is 50.3. The van der Waals surface area contributed by atoms with Gasteiger partial charge in [-0.15, -0.1) is 0 Å². The first-order valence-corrected chi connectivity index (χ1v) is 10.7. The zero-order valence-corrected chi connectivity index (χ0v) is 19.6. The van der Waals surface area contributed by atoms with Gasteiger partial charge in [0.2, 0.25) is 0 Å². The maximum atomic E-state index is 13.0. The van der Waals surface area contributed by atoms with Crippen LogP contribution < -0.4 is 14.8 Å². The minimum absolute atomic E-state index is 0.0782. The molecule has 5 nitrogen and oxygen atoms in total. The highest BCUT2D eigenvalue weighted by molar-refractivity contribution is 6.34. The van der Waals surface area contributed by atoms with Crippen molar-refractivity contribution in [2.24, 2.45) is 0 Å². The molecule has 0 heterocycles. The molecule has 35 heavy (non-hydrogen) atoms. The number of halogens is 5. The van der Waals surface area contributed by atoms with Crippen molar-refractivity contribution in [3.05, 3.63) is 93.0 Å². The number of ether oxygens (including phenoxy) is 2. The number of alkyl halides is 3. The van der Waals surface area contributed by atoms with Gasteiger partial charge in [0.05, 0.1) is 23.4 Å². The summed E-state index contributed by atoms with van der Waals surface area (Å²) in [5.74, 6) is -0.370. The predicted molar refractivity (Wildman–Crippen MR) is 127 cm³/mol. The Balaban J connectivity index is 1.92. The van der Waals surface area contributed by atoms with E-state index in [-0.39, 0.29) is 23.1 Å². The molecule has 0 radical (unpaired) electrons. The maximum absolute atomic E-state index is 13.0. The average Bonchev–Trinajstić information content (AvgIpc) is 2.82. The highest BCUT2D eigenvalue weighted by atomic mass is 35.5. The maximum Gasteiger partial charge on any atom is 0.416 e. The summed E-state index contributed by atoms with van der Waals surface area (Å²) >= 11 is 12.1. The molecule has 0 aliphatic rings. The molecule has 0 fully saturated rings. The summed E-state index contributed by atoms with van der Waals surface area (Å²) in [5, 5.41) is 12.2. The van der Waals surface area contributed by atoms with Gasteiger partial charge < -0.3 is 14.8 Å². The van der Waals surface area contributed by atoms with Gasteiger partial charge in [-0.2, -0.15) is 18.4 Å². The second kappa shape index (κ2) is 11.2. The molecule has 0 spiro atoms. The van der Waals surface area contributed by atoms with Crippen molar-refractivity contribution in [2.45, 2.75) is 12.8 Å². The zero-order chi connectivity index (χ0) is 25.6.